The van der Waals surface area contributed by atoms with Gasteiger partial charge in [-0.2, -0.15) is 0 Å². The van der Waals surface area contributed by atoms with Gasteiger partial charge in [-0.05, 0) is 50.1 Å². The Morgan fingerprint density at radius 2 is 2.11 bits per heavy atom. The summed E-state index contributed by atoms with van der Waals surface area (Å²) >= 11 is 8.09. The molecule has 0 saturated carbocycles. The summed E-state index contributed by atoms with van der Waals surface area (Å²) < 4.78 is 7.04. The molecule has 2 rings (SSSR count). The standard InChI is InChI=1S/C13H8Br2O3S/c14-12-5-10(13(15)19-12)11(17)7-18-9-3-1-2-8(4-9)6-16/h1-6H,7H2. The van der Waals surface area contributed by atoms with Crippen LogP contribution in [0.15, 0.2) is 37.9 Å². The SMILES string of the molecule is O=Cc1cccc(OCC(=O)c2cc(Br)sc2Br)c1. The lowest BCUT2D eigenvalue weighted by molar-refractivity contribution is 0.0921. The van der Waals surface area contributed by atoms with Crippen molar-refractivity contribution in [3.05, 3.63) is 49.0 Å². The average Bonchev–Trinajstić information content (AvgIpc) is 2.75. The lowest BCUT2D eigenvalue weighted by Gasteiger charge is -2.05. The van der Waals surface area contributed by atoms with E-state index in [1.54, 1.807) is 30.3 Å². The van der Waals surface area contributed by atoms with E-state index in [4.69, 9.17) is 4.74 Å². The molecule has 0 spiro atoms. The van der Waals surface area contributed by atoms with Gasteiger partial charge in [-0.1, -0.05) is 12.1 Å². The second-order valence-corrected chi connectivity index (χ2v) is 7.39. The zero-order valence-electron chi connectivity index (χ0n) is 9.56. The lowest BCUT2D eigenvalue weighted by atomic mass is 10.2. The fraction of sp³-hybridized carbons (Fsp3) is 0.0769. The maximum atomic E-state index is 12.0. The van der Waals surface area contributed by atoms with E-state index in [1.165, 1.54) is 11.3 Å². The summed E-state index contributed by atoms with van der Waals surface area (Å²) in [6.45, 7) is -0.0654. The van der Waals surface area contributed by atoms with Gasteiger partial charge in [-0.25, -0.2) is 0 Å². The van der Waals surface area contributed by atoms with Crippen LogP contribution in [0.5, 0.6) is 5.75 Å². The van der Waals surface area contributed by atoms with E-state index in [1.807, 2.05) is 0 Å². The smallest absolute Gasteiger partial charge is 0.202 e. The minimum atomic E-state index is -0.120. The molecule has 0 unspecified atom stereocenters. The summed E-state index contributed by atoms with van der Waals surface area (Å²) in [5, 5.41) is 0. The average molecular weight is 404 g/mol. The Morgan fingerprint density at radius 1 is 1.32 bits per heavy atom. The van der Waals surface area contributed by atoms with Crippen molar-refractivity contribution in [2.24, 2.45) is 0 Å². The van der Waals surface area contributed by atoms with Gasteiger partial charge in [0.1, 0.15) is 12.0 Å². The molecule has 0 atom stereocenters. The van der Waals surface area contributed by atoms with Crippen LogP contribution in [-0.2, 0) is 0 Å². The Kier molecular flexibility index (Phi) is 4.90. The highest BCUT2D eigenvalue weighted by Crippen LogP contribution is 2.32. The fourth-order valence-electron chi connectivity index (χ4n) is 1.43. The molecule has 0 amide bonds. The minimum Gasteiger partial charge on any atom is -0.485 e. The first-order valence-corrected chi connectivity index (χ1v) is 7.66. The quantitative estimate of drug-likeness (QED) is 0.550. The van der Waals surface area contributed by atoms with Crippen LogP contribution in [-0.4, -0.2) is 18.7 Å². The van der Waals surface area contributed by atoms with Gasteiger partial charge in [-0.15, -0.1) is 11.3 Å². The Morgan fingerprint density at radius 3 is 2.74 bits per heavy atom. The fourth-order valence-corrected chi connectivity index (χ4v) is 4.29. The number of Topliss-reactive ketones (excluding diaryl/α,β-unsaturated/α-hetero) is 1. The van der Waals surface area contributed by atoms with Crippen molar-refractivity contribution in [2.75, 3.05) is 6.61 Å². The van der Waals surface area contributed by atoms with Gasteiger partial charge in [0.05, 0.1) is 7.57 Å². The first-order valence-electron chi connectivity index (χ1n) is 5.26. The number of hydrogen-bond donors (Lipinski definition) is 0. The lowest BCUT2D eigenvalue weighted by Crippen LogP contribution is -2.11. The van der Waals surface area contributed by atoms with Crippen molar-refractivity contribution in [3.8, 4) is 5.75 Å². The van der Waals surface area contributed by atoms with Crippen molar-refractivity contribution in [1.82, 2.24) is 0 Å². The molecular formula is C13H8Br2O3S. The van der Waals surface area contributed by atoms with Gasteiger partial charge >= 0.3 is 0 Å². The Balaban J connectivity index is 2.04. The van der Waals surface area contributed by atoms with Crippen LogP contribution in [0.1, 0.15) is 20.7 Å². The molecule has 1 aromatic carbocycles. The molecule has 1 heterocycles. The number of carbonyl (C=O) groups is 2. The van der Waals surface area contributed by atoms with Crippen molar-refractivity contribution in [2.45, 2.75) is 0 Å². The van der Waals surface area contributed by atoms with E-state index in [-0.39, 0.29) is 12.4 Å². The van der Waals surface area contributed by atoms with Crippen LogP contribution in [0.4, 0.5) is 0 Å². The molecule has 0 aliphatic carbocycles. The van der Waals surface area contributed by atoms with Gasteiger partial charge in [-0.3, -0.25) is 9.59 Å². The van der Waals surface area contributed by atoms with Gasteiger partial charge < -0.3 is 4.74 Å². The minimum absolute atomic E-state index is 0.0654. The normalized spacial score (nSPS) is 10.2. The van der Waals surface area contributed by atoms with Gasteiger partial charge in [0, 0.05) is 11.1 Å². The van der Waals surface area contributed by atoms with Crippen molar-refractivity contribution in [3.63, 3.8) is 0 Å². The molecule has 2 aromatic rings. The summed E-state index contributed by atoms with van der Waals surface area (Å²) in [4.78, 5) is 22.6. The third-order valence-corrected chi connectivity index (χ3v) is 4.66. The molecule has 0 saturated heterocycles. The van der Waals surface area contributed by atoms with E-state index in [0.717, 1.165) is 13.9 Å². The van der Waals surface area contributed by atoms with Crippen LogP contribution in [0.25, 0.3) is 0 Å². The second kappa shape index (κ2) is 6.45. The number of thiophene rings is 1. The van der Waals surface area contributed by atoms with Crippen LogP contribution in [0.2, 0.25) is 0 Å². The molecule has 98 valence electrons. The van der Waals surface area contributed by atoms with Crippen molar-refractivity contribution in [1.29, 1.82) is 0 Å². The van der Waals surface area contributed by atoms with Crippen molar-refractivity contribution >= 4 is 55.3 Å². The van der Waals surface area contributed by atoms with Crippen LogP contribution < -0.4 is 4.74 Å². The monoisotopic (exact) mass is 402 g/mol. The molecule has 6 heteroatoms. The van der Waals surface area contributed by atoms with E-state index in [0.29, 0.717) is 16.9 Å². The zero-order valence-corrected chi connectivity index (χ0v) is 13.5. The molecule has 0 aliphatic heterocycles. The molecule has 3 nitrogen and oxygen atoms in total. The summed E-state index contributed by atoms with van der Waals surface area (Å²) in [7, 11) is 0. The second-order valence-electron chi connectivity index (χ2n) is 3.64. The molecule has 0 fully saturated rings. The summed E-state index contributed by atoms with van der Waals surface area (Å²) in [5.41, 5.74) is 1.10. The number of hydrogen-bond acceptors (Lipinski definition) is 4. The number of ether oxygens (including phenoxy) is 1. The number of rotatable bonds is 5. The zero-order chi connectivity index (χ0) is 13.8. The van der Waals surface area contributed by atoms with Gasteiger partial charge in [0.25, 0.3) is 0 Å². The predicted octanol–water partition coefficient (Wildman–Crippen LogP) is 4.35. The maximum absolute atomic E-state index is 12.0. The van der Waals surface area contributed by atoms with E-state index in [9.17, 15) is 9.59 Å². The highest BCUT2D eigenvalue weighted by molar-refractivity contribution is 9.12. The van der Waals surface area contributed by atoms with Gasteiger partial charge in [0.2, 0.25) is 5.78 Å². The molecule has 0 aliphatic rings. The largest absolute Gasteiger partial charge is 0.485 e. The van der Waals surface area contributed by atoms with Crippen LogP contribution >= 0.6 is 43.2 Å². The van der Waals surface area contributed by atoms with E-state index in [2.05, 4.69) is 31.9 Å². The molecular weight excluding hydrogens is 396 g/mol. The Hall–Kier alpha value is -0.980. The third kappa shape index (κ3) is 3.75. The molecule has 1 aromatic heterocycles. The molecule has 0 bridgehead atoms. The Labute approximate surface area is 130 Å². The highest BCUT2D eigenvalue weighted by Gasteiger charge is 2.14. The number of halogens is 2. The maximum Gasteiger partial charge on any atom is 0.202 e. The topological polar surface area (TPSA) is 43.4 Å². The van der Waals surface area contributed by atoms with Crippen LogP contribution in [0.3, 0.4) is 0 Å². The summed E-state index contributed by atoms with van der Waals surface area (Å²) in [6.07, 6.45) is 0.737. The number of benzene rings is 1. The number of ketones is 1. The summed E-state index contributed by atoms with van der Waals surface area (Å²) in [5.74, 6) is 0.383. The van der Waals surface area contributed by atoms with E-state index < -0.39 is 0 Å². The predicted molar refractivity (Wildman–Crippen MR) is 81.4 cm³/mol. The molecule has 0 radical (unpaired) electrons. The Bertz CT molecular complexity index is 622. The first-order chi connectivity index (χ1) is 9.10. The first kappa shape index (κ1) is 14.4. The van der Waals surface area contributed by atoms with Crippen molar-refractivity contribution < 1.29 is 14.3 Å². The van der Waals surface area contributed by atoms with Gasteiger partial charge in [0.15, 0.2) is 6.61 Å². The summed E-state index contributed by atoms with van der Waals surface area (Å²) in [6, 6.07) is 8.44. The number of aldehydes is 1. The highest BCUT2D eigenvalue weighted by atomic mass is 79.9. The molecule has 0 N–H and O–H groups in total. The molecule has 19 heavy (non-hydrogen) atoms. The van der Waals surface area contributed by atoms with E-state index >= 15 is 0 Å². The van der Waals surface area contributed by atoms with Crippen LogP contribution in [0, 0.1) is 0 Å². The number of carbonyl (C=O) groups excluding carboxylic acids is 2. The third-order valence-electron chi connectivity index (χ3n) is 2.32.